The first-order valence-electron chi connectivity index (χ1n) is 6.62. The van der Waals surface area contributed by atoms with Crippen molar-refractivity contribution in [2.24, 2.45) is 5.10 Å². The van der Waals surface area contributed by atoms with Crippen LogP contribution in [0.1, 0.15) is 18.9 Å². The number of rotatable bonds is 5. The van der Waals surface area contributed by atoms with E-state index in [1.807, 2.05) is 24.1 Å². The molecule has 1 fully saturated rings. The Morgan fingerprint density at radius 1 is 1.42 bits per heavy atom. The largest absolute Gasteiger partial charge is 0.507 e. The minimum Gasteiger partial charge on any atom is -0.507 e. The first-order valence-corrected chi connectivity index (χ1v) is 6.62. The zero-order valence-electron chi connectivity index (χ0n) is 11.2. The normalized spacial score (nSPS) is 15.9. The van der Waals surface area contributed by atoms with Gasteiger partial charge >= 0.3 is 0 Å². The third-order valence-corrected chi connectivity index (χ3v) is 2.82. The number of ether oxygens (including phenoxy) is 2. The zero-order valence-corrected chi connectivity index (χ0v) is 11.2. The Hall–Kier alpha value is -1.75. The van der Waals surface area contributed by atoms with Gasteiger partial charge in [-0.3, -0.25) is 5.01 Å². The van der Waals surface area contributed by atoms with Crippen LogP contribution in [0.25, 0.3) is 0 Å². The first-order chi connectivity index (χ1) is 9.29. The molecule has 1 heterocycles. The van der Waals surface area contributed by atoms with Crippen LogP contribution in [0.5, 0.6) is 11.5 Å². The summed E-state index contributed by atoms with van der Waals surface area (Å²) in [5.41, 5.74) is 0.690. The molecule has 5 nitrogen and oxygen atoms in total. The second-order valence-electron chi connectivity index (χ2n) is 4.38. The third-order valence-electron chi connectivity index (χ3n) is 2.82. The Bertz CT molecular complexity index is 429. The summed E-state index contributed by atoms with van der Waals surface area (Å²) < 4.78 is 10.7. The van der Waals surface area contributed by atoms with Crippen LogP contribution in [0.4, 0.5) is 0 Å². The Kier molecular flexibility index (Phi) is 5.03. The van der Waals surface area contributed by atoms with E-state index in [1.54, 1.807) is 12.3 Å². The number of nitrogens with zero attached hydrogens (tertiary/aromatic N) is 2. The van der Waals surface area contributed by atoms with Crippen molar-refractivity contribution in [1.82, 2.24) is 5.01 Å². The molecule has 5 heteroatoms. The molecule has 1 aromatic carbocycles. The van der Waals surface area contributed by atoms with Gasteiger partial charge in [0, 0.05) is 11.6 Å². The zero-order chi connectivity index (χ0) is 13.5. The van der Waals surface area contributed by atoms with Gasteiger partial charge in [0.05, 0.1) is 39.1 Å². The van der Waals surface area contributed by atoms with Crippen LogP contribution in [0, 0.1) is 0 Å². The van der Waals surface area contributed by atoms with Gasteiger partial charge in [0.25, 0.3) is 0 Å². The molecule has 1 aromatic rings. The molecule has 0 radical (unpaired) electrons. The lowest BCUT2D eigenvalue weighted by Crippen LogP contribution is -2.32. The van der Waals surface area contributed by atoms with Gasteiger partial charge in [-0.2, -0.15) is 5.10 Å². The van der Waals surface area contributed by atoms with Crippen molar-refractivity contribution in [2.45, 2.75) is 13.3 Å². The second kappa shape index (κ2) is 6.99. The molecule has 0 spiro atoms. The van der Waals surface area contributed by atoms with Gasteiger partial charge in [-0.25, -0.2) is 0 Å². The topological polar surface area (TPSA) is 54.3 Å². The minimum absolute atomic E-state index is 0.186. The summed E-state index contributed by atoms with van der Waals surface area (Å²) in [6.45, 7) is 5.67. The van der Waals surface area contributed by atoms with Crippen LogP contribution in [0.15, 0.2) is 23.3 Å². The molecule has 0 unspecified atom stereocenters. The number of morpholine rings is 1. The van der Waals surface area contributed by atoms with Crippen LogP contribution in [0.2, 0.25) is 0 Å². The van der Waals surface area contributed by atoms with E-state index in [4.69, 9.17) is 9.47 Å². The maximum absolute atomic E-state index is 9.91. The Balaban J connectivity index is 1.97. The average Bonchev–Trinajstić information content (AvgIpc) is 2.45. The van der Waals surface area contributed by atoms with Crippen LogP contribution >= 0.6 is 0 Å². The van der Waals surface area contributed by atoms with Crippen molar-refractivity contribution >= 4 is 6.21 Å². The molecule has 0 saturated carbocycles. The molecule has 0 aliphatic carbocycles. The van der Waals surface area contributed by atoms with Gasteiger partial charge in [0.15, 0.2) is 0 Å². The molecule has 0 aromatic heterocycles. The Labute approximate surface area is 113 Å². The maximum atomic E-state index is 9.91. The molecule has 0 amide bonds. The van der Waals surface area contributed by atoms with Gasteiger partial charge in [-0.05, 0) is 18.6 Å². The summed E-state index contributed by atoms with van der Waals surface area (Å²) in [5, 5.41) is 16.2. The third kappa shape index (κ3) is 4.13. The van der Waals surface area contributed by atoms with Crippen molar-refractivity contribution in [3.8, 4) is 11.5 Å². The second-order valence-corrected chi connectivity index (χ2v) is 4.38. The molecule has 2 rings (SSSR count). The number of hydrogen-bond donors (Lipinski definition) is 1. The number of phenolic OH excluding ortho intramolecular Hbond substituents is 1. The van der Waals surface area contributed by atoms with Gasteiger partial charge in [-0.15, -0.1) is 0 Å². The SMILES string of the molecule is CCCOc1ccc(C=NN2CCOCC2)c(O)c1. The quantitative estimate of drug-likeness (QED) is 0.825. The van der Waals surface area contributed by atoms with Gasteiger partial charge in [-0.1, -0.05) is 6.92 Å². The minimum atomic E-state index is 0.186. The fourth-order valence-corrected chi connectivity index (χ4v) is 1.76. The number of hydrogen-bond acceptors (Lipinski definition) is 5. The molecule has 104 valence electrons. The predicted octanol–water partition coefficient (Wildman–Crippen LogP) is 1.85. The summed E-state index contributed by atoms with van der Waals surface area (Å²) in [5.74, 6) is 0.869. The lowest BCUT2D eigenvalue weighted by atomic mass is 10.2. The summed E-state index contributed by atoms with van der Waals surface area (Å²) in [6.07, 6.45) is 2.62. The fourth-order valence-electron chi connectivity index (χ4n) is 1.76. The van der Waals surface area contributed by atoms with Gasteiger partial charge in [0.1, 0.15) is 11.5 Å². The van der Waals surface area contributed by atoms with Crippen LogP contribution in [-0.2, 0) is 4.74 Å². The summed E-state index contributed by atoms with van der Waals surface area (Å²) in [4.78, 5) is 0. The summed E-state index contributed by atoms with van der Waals surface area (Å²) in [7, 11) is 0. The van der Waals surface area contributed by atoms with Crippen molar-refractivity contribution < 1.29 is 14.6 Å². The molecule has 0 bridgehead atoms. The van der Waals surface area contributed by atoms with Crippen molar-refractivity contribution in [3.05, 3.63) is 23.8 Å². The average molecular weight is 264 g/mol. The Morgan fingerprint density at radius 2 is 2.21 bits per heavy atom. The highest BCUT2D eigenvalue weighted by molar-refractivity contribution is 5.83. The number of phenols is 1. The van der Waals surface area contributed by atoms with E-state index in [0.717, 1.165) is 19.5 Å². The number of aromatic hydroxyl groups is 1. The van der Waals surface area contributed by atoms with Crippen molar-refractivity contribution in [3.63, 3.8) is 0 Å². The van der Waals surface area contributed by atoms with E-state index >= 15 is 0 Å². The van der Waals surface area contributed by atoms with Crippen LogP contribution in [-0.4, -0.2) is 49.2 Å². The van der Waals surface area contributed by atoms with Crippen LogP contribution < -0.4 is 4.74 Å². The van der Waals surface area contributed by atoms with Gasteiger partial charge in [0.2, 0.25) is 0 Å². The van der Waals surface area contributed by atoms with E-state index in [2.05, 4.69) is 5.10 Å². The summed E-state index contributed by atoms with van der Waals surface area (Å²) >= 11 is 0. The van der Waals surface area contributed by atoms with E-state index in [0.29, 0.717) is 31.1 Å². The molecular formula is C14H20N2O3. The lowest BCUT2D eigenvalue weighted by Gasteiger charge is -2.23. The molecule has 0 atom stereocenters. The number of benzene rings is 1. The van der Waals surface area contributed by atoms with E-state index in [-0.39, 0.29) is 5.75 Å². The highest BCUT2D eigenvalue weighted by Crippen LogP contribution is 2.22. The molecule has 1 saturated heterocycles. The van der Waals surface area contributed by atoms with Crippen LogP contribution in [0.3, 0.4) is 0 Å². The monoisotopic (exact) mass is 264 g/mol. The van der Waals surface area contributed by atoms with Crippen molar-refractivity contribution in [2.75, 3.05) is 32.9 Å². The predicted molar refractivity (Wildman–Crippen MR) is 73.9 cm³/mol. The standard InChI is InChI=1S/C14H20N2O3/c1-2-7-19-13-4-3-12(14(17)10-13)11-15-16-5-8-18-9-6-16/h3-4,10-11,17H,2,5-9H2,1H3. The number of hydrazone groups is 1. The fraction of sp³-hybridized carbons (Fsp3) is 0.500. The molecule has 1 aliphatic rings. The summed E-state index contributed by atoms with van der Waals surface area (Å²) in [6, 6.07) is 5.27. The molecule has 1 N–H and O–H groups in total. The van der Waals surface area contributed by atoms with E-state index in [9.17, 15) is 5.11 Å². The van der Waals surface area contributed by atoms with E-state index < -0.39 is 0 Å². The van der Waals surface area contributed by atoms with Crippen molar-refractivity contribution in [1.29, 1.82) is 0 Å². The molecule has 1 aliphatic heterocycles. The lowest BCUT2D eigenvalue weighted by molar-refractivity contribution is 0.0397. The van der Waals surface area contributed by atoms with E-state index in [1.165, 1.54) is 0 Å². The highest BCUT2D eigenvalue weighted by Gasteiger charge is 2.07. The molecule has 19 heavy (non-hydrogen) atoms. The molecular weight excluding hydrogens is 244 g/mol. The Morgan fingerprint density at radius 3 is 2.89 bits per heavy atom. The maximum Gasteiger partial charge on any atom is 0.128 e. The first kappa shape index (κ1) is 13.7. The highest BCUT2D eigenvalue weighted by atomic mass is 16.5. The van der Waals surface area contributed by atoms with Gasteiger partial charge < -0.3 is 14.6 Å². The smallest absolute Gasteiger partial charge is 0.128 e.